The third kappa shape index (κ3) is 4.01. The van der Waals surface area contributed by atoms with Gasteiger partial charge in [-0.2, -0.15) is 0 Å². The lowest BCUT2D eigenvalue weighted by molar-refractivity contribution is -0.144. The molecule has 1 aromatic rings. The number of anilines is 1. The van der Waals surface area contributed by atoms with Crippen LogP contribution in [0, 0.1) is 5.92 Å². The van der Waals surface area contributed by atoms with Crippen LogP contribution in [0.1, 0.15) is 20.3 Å². The van der Waals surface area contributed by atoms with Gasteiger partial charge in [-0.05, 0) is 24.5 Å². The van der Waals surface area contributed by atoms with E-state index in [0.717, 1.165) is 0 Å². The van der Waals surface area contributed by atoms with E-state index < -0.39 is 6.10 Å². The van der Waals surface area contributed by atoms with Crippen LogP contribution >= 0.6 is 0 Å². The number of aliphatic hydroxyl groups excluding tert-OH is 1. The molecule has 1 fully saturated rings. The molecule has 0 aliphatic carbocycles. The fourth-order valence-electron chi connectivity index (χ4n) is 2.73. The van der Waals surface area contributed by atoms with Gasteiger partial charge in [0.15, 0.2) is 0 Å². The van der Waals surface area contributed by atoms with E-state index in [1.807, 2.05) is 32.0 Å². The number of carbonyl (C=O) groups excluding carboxylic acids is 2. The number of aliphatic hydroxyl groups is 1. The summed E-state index contributed by atoms with van der Waals surface area (Å²) in [6.07, 6.45) is -0.639. The first kappa shape index (κ1) is 17.3. The second-order valence-corrected chi connectivity index (χ2v) is 6.12. The first-order valence-electron chi connectivity index (χ1n) is 7.84. The number of ether oxygens (including phenoxy) is 1. The Bertz CT molecular complexity index is 573. The largest absolute Gasteiger partial charge is 0.495 e. The third-order valence-electron chi connectivity index (χ3n) is 3.89. The zero-order chi connectivity index (χ0) is 17.0. The predicted octanol–water partition coefficient (Wildman–Crippen LogP) is 1.28. The van der Waals surface area contributed by atoms with Crippen LogP contribution in [-0.2, 0) is 9.59 Å². The highest BCUT2D eigenvalue weighted by Crippen LogP contribution is 2.29. The van der Waals surface area contributed by atoms with Crippen LogP contribution in [0.3, 0.4) is 0 Å². The zero-order valence-corrected chi connectivity index (χ0v) is 13.9. The van der Waals surface area contributed by atoms with Crippen molar-refractivity contribution in [3.8, 4) is 5.75 Å². The third-order valence-corrected chi connectivity index (χ3v) is 3.89. The van der Waals surface area contributed by atoms with Gasteiger partial charge in [0.1, 0.15) is 18.4 Å². The molecule has 1 heterocycles. The van der Waals surface area contributed by atoms with Crippen molar-refractivity contribution < 1.29 is 19.4 Å². The molecule has 1 aliphatic heterocycles. The molecule has 1 atom stereocenters. The van der Waals surface area contributed by atoms with Crippen LogP contribution in [0.25, 0.3) is 0 Å². The van der Waals surface area contributed by atoms with Crippen molar-refractivity contribution in [2.75, 3.05) is 31.6 Å². The van der Waals surface area contributed by atoms with Gasteiger partial charge >= 0.3 is 0 Å². The lowest BCUT2D eigenvalue weighted by Gasteiger charge is -2.35. The first-order valence-corrected chi connectivity index (χ1v) is 7.84. The van der Waals surface area contributed by atoms with Crippen LogP contribution < -0.4 is 9.64 Å². The molecule has 2 rings (SSSR count). The lowest BCUT2D eigenvalue weighted by Crippen LogP contribution is -2.54. The fraction of sp³-hybridized carbons (Fsp3) is 0.529. The first-order chi connectivity index (χ1) is 10.9. The monoisotopic (exact) mass is 320 g/mol. The number of piperazine rings is 1. The van der Waals surface area contributed by atoms with Gasteiger partial charge in [-0.25, -0.2) is 0 Å². The summed E-state index contributed by atoms with van der Waals surface area (Å²) in [5.74, 6) is 0.303. The number of carbonyl (C=O) groups is 2. The molecule has 0 saturated carbocycles. The van der Waals surface area contributed by atoms with E-state index in [4.69, 9.17) is 4.74 Å². The maximum absolute atomic E-state index is 12.4. The molecule has 0 radical (unpaired) electrons. The Hall–Kier alpha value is -2.08. The standard InChI is InChI=1S/C17H24N2O4/c1-12(2)10-14(20)17(22)18-8-9-19(16(21)11-18)13-6-4-5-7-15(13)23-3/h4-7,12,14,20H,8-11H2,1-3H3/t14-/m0/s1. The number of hydrogen-bond donors (Lipinski definition) is 1. The maximum atomic E-state index is 12.4. The molecule has 1 aliphatic rings. The summed E-state index contributed by atoms with van der Waals surface area (Å²) in [6, 6.07) is 7.30. The smallest absolute Gasteiger partial charge is 0.251 e. The summed E-state index contributed by atoms with van der Waals surface area (Å²) in [6.45, 7) is 4.66. The number of para-hydroxylation sites is 2. The van der Waals surface area contributed by atoms with Gasteiger partial charge in [0.05, 0.1) is 12.8 Å². The maximum Gasteiger partial charge on any atom is 0.251 e. The SMILES string of the molecule is COc1ccccc1N1CCN(C(=O)[C@@H](O)CC(C)C)CC1=O. The highest BCUT2D eigenvalue weighted by Gasteiger charge is 2.32. The Kier molecular flexibility index (Phi) is 5.60. The zero-order valence-electron chi connectivity index (χ0n) is 13.9. The summed E-state index contributed by atoms with van der Waals surface area (Å²) < 4.78 is 5.29. The van der Waals surface area contributed by atoms with Crippen molar-refractivity contribution in [2.24, 2.45) is 5.92 Å². The van der Waals surface area contributed by atoms with E-state index in [1.54, 1.807) is 18.1 Å². The Balaban J connectivity index is 2.05. The molecular formula is C17H24N2O4. The molecular weight excluding hydrogens is 296 g/mol. The molecule has 126 valence electrons. The minimum Gasteiger partial charge on any atom is -0.495 e. The van der Waals surface area contributed by atoms with Crippen LogP contribution in [0.15, 0.2) is 24.3 Å². The number of amides is 2. The molecule has 6 nitrogen and oxygen atoms in total. The minimum absolute atomic E-state index is 0.0218. The Morgan fingerprint density at radius 3 is 2.61 bits per heavy atom. The Morgan fingerprint density at radius 1 is 1.30 bits per heavy atom. The van der Waals surface area contributed by atoms with Gasteiger partial charge in [0.2, 0.25) is 5.91 Å². The number of benzene rings is 1. The second kappa shape index (κ2) is 7.46. The predicted molar refractivity (Wildman–Crippen MR) is 87.4 cm³/mol. The molecule has 6 heteroatoms. The lowest BCUT2D eigenvalue weighted by atomic mass is 10.0. The minimum atomic E-state index is -1.04. The van der Waals surface area contributed by atoms with E-state index in [-0.39, 0.29) is 24.3 Å². The van der Waals surface area contributed by atoms with Crippen molar-refractivity contribution in [3.63, 3.8) is 0 Å². The molecule has 0 bridgehead atoms. The number of hydrogen-bond acceptors (Lipinski definition) is 4. The van der Waals surface area contributed by atoms with Gasteiger partial charge in [0, 0.05) is 13.1 Å². The summed E-state index contributed by atoms with van der Waals surface area (Å²) >= 11 is 0. The molecule has 1 saturated heterocycles. The van der Waals surface area contributed by atoms with E-state index in [1.165, 1.54) is 4.90 Å². The molecule has 1 aromatic carbocycles. The molecule has 0 spiro atoms. The average Bonchev–Trinajstić information content (AvgIpc) is 2.53. The number of rotatable bonds is 5. The highest BCUT2D eigenvalue weighted by molar-refractivity contribution is 5.99. The summed E-state index contributed by atoms with van der Waals surface area (Å²) in [5, 5.41) is 9.96. The van der Waals surface area contributed by atoms with Crippen LogP contribution in [0.4, 0.5) is 5.69 Å². The summed E-state index contributed by atoms with van der Waals surface area (Å²) in [4.78, 5) is 27.7. The molecule has 1 N–H and O–H groups in total. The molecule has 23 heavy (non-hydrogen) atoms. The van der Waals surface area contributed by atoms with Crippen LogP contribution in [0.2, 0.25) is 0 Å². The van der Waals surface area contributed by atoms with Gasteiger partial charge < -0.3 is 19.6 Å². The van der Waals surface area contributed by atoms with E-state index in [9.17, 15) is 14.7 Å². The average molecular weight is 320 g/mol. The second-order valence-electron chi connectivity index (χ2n) is 6.12. The summed E-state index contributed by atoms with van der Waals surface area (Å²) in [7, 11) is 1.56. The van der Waals surface area contributed by atoms with Crippen LogP contribution in [0.5, 0.6) is 5.75 Å². The van der Waals surface area contributed by atoms with E-state index in [0.29, 0.717) is 30.9 Å². The highest BCUT2D eigenvalue weighted by atomic mass is 16.5. The van der Waals surface area contributed by atoms with Crippen molar-refractivity contribution in [1.29, 1.82) is 0 Å². The van der Waals surface area contributed by atoms with E-state index >= 15 is 0 Å². The molecule has 0 unspecified atom stereocenters. The molecule has 0 aromatic heterocycles. The quantitative estimate of drug-likeness (QED) is 0.887. The van der Waals surface area contributed by atoms with Crippen LogP contribution in [-0.4, -0.2) is 54.7 Å². The Labute approximate surface area is 136 Å². The van der Waals surface area contributed by atoms with Gasteiger partial charge in [-0.3, -0.25) is 9.59 Å². The molecule has 2 amide bonds. The van der Waals surface area contributed by atoms with Crippen molar-refractivity contribution in [3.05, 3.63) is 24.3 Å². The normalized spacial score (nSPS) is 16.7. The van der Waals surface area contributed by atoms with Crippen molar-refractivity contribution in [1.82, 2.24) is 4.90 Å². The van der Waals surface area contributed by atoms with E-state index in [2.05, 4.69) is 0 Å². The van der Waals surface area contributed by atoms with Crippen molar-refractivity contribution in [2.45, 2.75) is 26.4 Å². The number of methoxy groups -OCH3 is 1. The Morgan fingerprint density at radius 2 is 2.00 bits per heavy atom. The topological polar surface area (TPSA) is 70.1 Å². The van der Waals surface area contributed by atoms with Gasteiger partial charge in [0.25, 0.3) is 5.91 Å². The van der Waals surface area contributed by atoms with Crippen molar-refractivity contribution >= 4 is 17.5 Å². The summed E-state index contributed by atoms with van der Waals surface area (Å²) in [5.41, 5.74) is 0.704. The fourth-order valence-corrected chi connectivity index (χ4v) is 2.73. The number of nitrogens with zero attached hydrogens (tertiary/aromatic N) is 2. The van der Waals surface area contributed by atoms with Gasteiger partial charge in [-0.1, -0.05) is 26.0 Å². The van der Waals surface area contributed by atoms with Gasteiger partial charge in [-0.15, -0.1) is 0 Å².